The van der Waals surface area contributed by atoms with Crippen LogP contribution in [0.2, 0.25) is 0 Å². The summed E-state index contributed by atoms with van der Waals surface area (Å²) in [5.41, 5.74) is 0.793. The standard InChI is InChI=1S/C22H29F3N4OS/c1-3-6-19-27-16(2)20(31-19)21(30)26-9-5-10-28-11-13-29(14-12-28)18-8-4-7-17(15-18)22(23,24)25/h4,7-8,15H,3,5-6,9-14H2,1-2H3,(H,26,30). The van der Waals surface area contributed by atoms with Gasteiger partial charge in [-0.15, -0.1) is 11.3 Å². The number of nitrogens with zero attached hydrogens (tertiary/aromatic N) is 3. The molecule has 170 valence electrons. The van der Waals surface area contributed by atoms with E-state index in [9.17, 15) is 18.0 Å². The van der Waals surface area contributed by atoms with Crippen molar-refractivity contribution in [3.05, 3.63) is 45.4 Å². The molecule has 0 radical (unpaired) electrons. The number of rotatable bonds is 8. The van der Waals surface area contributed by atoms with Crippen LogP contribution < -0.4 is 10.2 Å². The zero-order valence-corrected chi connectivity index (χ0v) is 18.8. The molecule has 0 bridgehead atoms. The van der Waals surface area contributed by atoms with Crippen molar-refractivity contribution in [1.82, 2.24) is 15.2 Å². The third kappa shape index (κ3) is 6.43. The Labute approximate surface area is 185 Å². The van der Waals surface area contributed by atoms with Crippen molar-refractivity contribution in [1.29, 1.82) is 0 Å². The number of nitrogens with one attached hydrogen (secondary N) is 1. The monoisotopic (exact) mass is 454 g/mol. The topological polar surface area (TPSA) is 48.5 Å². The van der Waals surface area contributed by atoms with Crippen molar-refractivity contribution in [3.8, 4) is 0 Å². The number of aryl methyl sites for hydroxylation is 2. The van der Waals surface area contributed by atoms with Gasteiger partial charge >= 0.3 is 6.18 Å². The Morgan fingerprint density at radius 3 is 2.65 bits per heavy atom. The van der Waals surface area contributed by atoms with Crippen LogP contribution in [0.25, 0.3) is 0 Å². The summed E-state index contributed by atoms with van der Waals surface area (Å²) in [6.45, 7) is 8.36. The maximum atomic E-state index is 12.9. The summed E-state index contributed by atoms with van der Waals surface area (Å²) < 4.78 is 38.8. The van der Waals surface area contributed by atoms with Gasteiger partial charge in [0.1, 0.15) is 4.88 Å². The Bertz CT molecular complexity index is 876. The number of hydrogen-bond acceptors (Lipinski definition) is 5. The highest BCUT2D eigenvalue weighted by molar-refractivity contribution is 7.13. The number of halogens is 3. The first-order valence-corrected chi connectivity index (χ1v) is 11.5. The number of piperazine rings is 1. The van der Waals surface area contributed by atoms with E-state index in [1.165, 1.54) is 23.5 Å². The normalized spacial score (nSPS) is 15.3. The number of thiazole rings is 1. The van der Waals surface area contributed by atoms with Crippen LogP contribution in [0.3, 0.4) is 0 Å². The molecule has 1 aromatic heterocycles. The molecular formula is C22H29F3N4OS. The zero-order valence-electron chi connectivity index (χ0n) is 18.0. The summed E-state index contributed by atoms with van der Waals surface area (Å²) in [7, 11) is 0. The number of amides is 1. The lowest BCUT2D eigenvalue weighted by Crippen LogP contribution is -2.47. The lowest BCUT2D eigenvalue weighted by atomic mass is 10.1. The molecule has 1 aliphatic heterocycles. The fourth-order valence-corrected chi connectivity index (χ4v) is 4.76. The van der Waals surface area contributed by atoms with Crippen molar-refractivity contribution >= 4 is 22.9 Å². The van der Waals surface area contributed by atoms with Gasteiger partial charge in [-0.3, -0.25) is 9.69 Å². The Balaban J connectivity index is 1.39. The van der Waals surface area contributed by atoms with Gasteiger partial charge in [-0.2, -0.15) is 13.2 Å². The fourth-order valence-electron chi connectivity index (χ4n) is 3.68. The zero-order chi connectivity index (χ0) is 22.4. The van der Waals surface area contributed by atoms with E-state index in [-0.39, 0.29) is 5.91 Å². The number of carbonyl (C=O) groups excluding carboxylic acids is 1. The summed E-state index contributed by atoms with van der Waals surface area (Å²) in [6, 6.07) is 5.52. The lowest BCUT2D eigenvalue weighted by molar-refractivity contribution is -0.137. The van der Waals surface area contributed by atoms with Crippen molar-refractivity contribution in [2.45, 2.75) is 39.3 Å². The van der Waals surface area contributed by atoms with Gasteiger partial charge in [0.15, 0.2) is 0 Å². The Hall–Kier alpha value is -2.13. The van der Waals surface area contributed by atoms with Crippen molar-refractivity contribution in [2.75, 3.05) is 44.2 Å². The molecule has 1 aliphatic rings. The van der Waals surface area contributed by atoms with Crippen molar-refractivity contribution in [3.63, 3.8) is 0 Å². The fraction of sp³-hybridized carbons (Fsp3) is 0.545. The number of benzene rings is 1. The minimum Gasteiger partial charge on any atom is -0.369 e. The summed E-state index contributed by atoms with van der Waals surface area (Å²) >= 11 is 1.47. The molecule has 0 unspecified atom stereocenters. The van der Waals surface area contributed by atoms with E-state index in [0.717, 1.165) is 55.7 Å². The first-order valence-electron chi connectivity index (χ1n) is 10.7. The van der Waals surface area contributed by atoms with Gasteiger partial charge in [-0.1, -0.05) is 13.0 Å². The van der Waals surface area contributed by atoms with Gasteiger partial charge in [-0.25, -0.2) is 4.98 Å². The summed E-state index contributed by atoms with van der Waals surface area (Å²) in [5, 5.41) is 3.98. The quantitative estimate of drug-likeness (QED) is 0.602. The van der Waals surface area contributed by atoms with E-state index in [1.807, 2.05) is 11.8 Å². The molecule has 1 saturated heterocycles. The Morgan fingerprint density at radius 1 is 1.23 bits per heavy atom. The third-order valence-electron chi connectivity index (χ3n) is 5.36. The maximum Gasteiger partial charge on any atom is 0.416 e. The number of hydrogen-bond donors (Lipinski definition) is 1. The minimum atomic E-state index is -4.32. The molecule has 0 atom stereocenters. The van der Waals surface area contributed by atoms with Gasteiger partial charge in [-0.05, 0) is 50.9 Å². The van der Waals surface area contributed by atoms with E-state index in [1.54, 1.807) is 6.07 Å². The van der Waals surface area contributed by atoms with E-state index < -0.39 is 11.7 Å². The molecule has 3 rings (SSSR count). The van der Waals surface area contributed by atoms with Gasteiger partial charge in [0, 0.05) is 38.4 Å². The van der Waals surface area contributed by atoms with Crippen LogP contribution >= 0.6 is 11.3 Å². The maximum absolute atomic E-state index is 12.9. The molecule has 0 saturated carbocycles. The van der Waals surface area contributed by atoms with E-state index in [4.69, 9.17) is 0 Å². The van der Waals surface area contributed by atoms with E-state index in [0.29, 0.717) is 30.2 Å². The molecular weight excluding hydrogens is 425 g/mol. The minimum absolute atomic E-state index is 0.0632. The first-order chi connectivity index (χ1) is 14.8. The second-order valence-electron chi connectivity index (χ2n) is 7.76. The van der Waals surface area contributed by atoms with Crippen LogP contribution in [0, 0.1) is 6.92 Å². The Kier molecular flexibility index (Phi) is 7.94. The number of carbonyl (C=O) groups is 1. The molecule has 1 aromatic carbocycles. The number of anilines is 1. The number of alkyl halides is 3. The van der Waals surface area contributed by atoms with Crippen LogP contribution in [-0.2, 0) is 12.6 Å². The molecule has 2 heterocycles. The van der Waals surface area contributed by atoms with Crippen LogP contribution in [0.5, 0.6) is 0 Å². The molecule has 1 N–H and O–H groups in total. The van der Waals surface area contributed by atoms with Crippen LogP contribution in [0.4, 0.5) is 18.9 Å². The molecule has 0 spiro atoms. The molecule has 1 amide bonds. The molecule has 9 heteroatoms. The summed E-state index contributed by atoms with van der Waals surface area (Å²) in [5.74, 6) is -0.0632. The molecule has 31 heavy (non-hydrogen) atoms. The SMILES string of the molecule is CCCc1nc(C)c(C(=O)NCCCN2CCN(c3cccc(C(F)(F)F)c3)CC2)s1. The smallest absolute Gasteiger partial charge is 0.369 e. The van der Waals surface area contributed by atoms with E-state index >= 15 is 0 Å². The van der Waals surface area contributed by atoms with Gasteiger partial charge < -0.3 is 10.2 Å². The van der Waals surface area contributed by atoms with Crippen LogP contribution in [0.15, 0.2) is 24.3 Å². The first kappa shape index (κ1) is 23.5. The van der Waals surface area contributed by atoms with Crippen LogP contribution in [0.1, 0.15) is 45.7 Å². The highest BCUT2D eigenvalue weighted by Crippen LogP contribution is 2.31. The highest BCUT2D eigenvalue weighted by Gasteiger charge is 2.31. The predicted molar refractivity (Wildman–Crippen MR) is 118 cm³/mol. The average Bonchev–Trinajstić information content (AvgIpc) is 3.11. The largest absolute Gasteiger partial charge is 0.416 e. The van der Waals surface area contributed by atoms with Crippen molar-refractivity contribution in [2.24, 2.45) is 0 Å². The highest BCUT2D eigenvalue weighted by atomic mass is 32.1. The molecule has 2 aromatic rings. The van der Waals surface area contributed by atoms with Gasteiger partial charge in [0.05, 0.1) is 16.3 Å². The average molecular weight is 455 g/mol. The van der Waals surface area contributed by atoms with Gasteiger partial charge in [0.2, 0.25) is 0 Å². The van der Waals surface area contributed by atoms with Gasteiger partial charge in [0.25, 0.3) is 5.91 Å². The lowest BCUT2D eigenvalue weighted by Gasteiger charge is -2.36. The summed E-state index contributed by atoms with van der Waals surface area (Å²) in [4.78, 5) is 21.8. The Morgan fingerprint density at radius 2 is 1.97 bits per heavy atom. The van der Waals surface area contributed by atoms with Crippen LogP contribution in [-0.4, -0.2) is 55.1 Å². The van der Waals surface area contributed by atoms with Crippen molar-refractivity contribution < 1.29 is 18.0 Å². The molecule has 5 nitrogen and oxygen atoms in total. The third-order valence-corrected chi connectivity index (χ3v) is 6.57. The number of aromatic nitrogens is 1. The van der Waals surface area contributed by atoms with E-state index in [2.05, 4.69) is 22.1 Å². The second kappa shape index (κ2) is 10.5. The molecule has 1 fully saturated rings. The predicted octanol–water partition coefficient (Wildman–Crippen LogP) is 4.36. The summed E-state index contributed by atoms with van der Waals surface area (Å²) in [6.07, 6.45) is -1.59. The second-order valence-corrected chi connectivity index (χ2v) is 8.84. The molecule has 0 aliphatic carbocycles.